The summed E-state index contributed by atoms with van der Waals surface area (Å²) in [6.07, 6.45) is 9.75. The van der Waals surface area contributed by atoms with Gasteiger partial charge in [-0.25, -0.2) is 14.4 Å². The number of aliphatic hydroxyl groups is 1. The molecule has 0 fully saturated rings. The maximum Gasteiger partial charge on any atom is 0.151 e. The van der Waals surface area contributed by atoms with Gasteiger partial charge in [0.25, 0.3) is 0 Å². The van der Waals surface area contributed by atoms with Gasteiger partial charge in [-0.05, 0) is 55.5 Å². The maximum atomic E-state index is 14.0. The number of phenols is 1. The average Bonchev–Trinajstić information content (AvgIpc) is 2.68. The first-order valence-electron chi connectivity index (χ1n) is 9.29. The molecule has 1 heterocycles. The fourth-order valence-electron chi connectivity index (χ4n) is 2.87. The third-order valence-corrected chi connectivity index (χ3v) is 4.41. The largest absolute Gasteiger partial charge is 0.508 e. The fourth-order valence-corrected chi connectivity index (χ4v) is 2.87. The molecule has 3 rings (SSSR count). The van der Waals surface area contributed by atoms with E-state index in [1.807, 2.05) is 36.4 Å². The Morgan fingerprint density at radius 3 is 2.32 bits per heavy atom. The molecule has 1 unspecified atom stereocenters. The van der Waals surface area contributed by atoms with E-state index in [-0.39, 0.29) is 11.9 Å². The molecule has 0 saturated heterocycles. The lowest BCUT2D eigenvalue weighted by Gasteiger charge is -2.06. The second kappa shape index (κ2) is 9.24. The predicted molar refractivity (Wildman–Crippen MR) is 109 cm³/mol. The number of halogens is 1. The molecule has 0 saturated carbocycles. The van der Waals surface area contributed by atoms with Crippen molar-refractivity contribution in [3.8, 4) is 28.0 Å². The van der Waals surface area contributed by atoms with Crippen molar-refractivity contribution in [2.45, 2.75) is 32.3 Å². The summed E-state index contributed by atoms with van der Waals surface area (Å²) in [5.41, 5.74) is 3.00. The number of allylic oxidation sites excluding steroid dienone is 1. The lowest BCUT2D eigenvalue weighted by molar-refractivity contribution is 0.182. The third kappa shape index (κ3) is 5.24. The van der Waals surface area contributed by atoms with Gasteiger partial charge in [-0.1, -0.05) is 30.3 Å². The number of benzene rings is 2. The average molecular weight is 378 g/mol. The Kier molecular flexibility index (Phi) is 6.50. The van der Waals surface area contributed by atoms with Crippen LogP contribution in [0.3, 0.4) is 0 Å². The van der Waals surface area contributed by atoms with Crippen molar-refractivity contribution >= 4 is 6.08 Å². The van der Waals surface area contributed by atoms with E-state index in [0.29, 0.717) is 11.4 Å². The van der Waals surface area contributed by atoms with Gasteiger partial charge in [-0.2, -0.15) is 0 Å². The minimum atomic E-state index is -0.458. The summed E-state index contributed by atoms with van der Waals surface area (Å²) in [5.74, 6) is 0.0939. The van der Waals surface area contributed by atoms with E-state index < -0.39 is 5.82 Å². The number of unbranched alkanes of at least 4 members (excludes halogenated alkanes) is 1. The first-order chi connectivity index (χ1) is 13.5. The van der Waals surface area contributed by atoms with E-state index in [9.17, 15) is 14.6 Å². The van der Waals surface area contributed by atoms with E-state index in [4.69, 9.17) is 0 Å². The third-order valence-electron chi connectivity index (χ3n) is 4.41. The Morgan fingerprint density at radius 2 is 1.68 bits per heavy atom. The number of phenolic OH excluding ortho intramolecular Hbond substituents is 1. The summed E-state index contributed by atoms with van der Waals surface area (Å²) < 4.78 is 14.0. The maximum absolute atomic E-state index is 14.0. The number of aliphatic hydroxyl groups excluding tert-OH is 1. The van der Waals surface area contributed by atoms with Crippen LogP contribution in [0.4, 0.5) is 4.39 Å². The van der Waals surface area contributed by atoms with Crippen molar-refractivity contribution in [3.05, 3.63) is 72.6 Å². The van der Waals surface area contributed by atoms with Crippen LogP contribution < -0.4 is 0 Å². The molecule has 0 amide bonds. The molecule has 2 N–H and O–H groups in total. The first kappa shape index (κ1) is 19.7. The van der Waals surface area contributed by atoms with E-state index in [0.717, 1.165) is 42.0 Å². The van der Waals surface area contributed by atoms with Crippen molar-refractivity contribution in [2.24, 2.45) is 0 Å². The minimum absolute atomic E-state index is 0.0906. The quantitative estimate of drug-likeness (QED) is 0.553. The molecule has 1 aromatic heterocycles. The Hall–Kier alpha value is -3.05. The zero-order chi connectivity index (χ0) is 19.9. The van der Waals surface area contributed by atoms with Crippen LogP contribution >= 0.6 is 0 Å². The normalized spacial score (nSPS) is 12.4. The van der Waals surface area contributed by atoms with Crippen LogP contribution in [0.2, 0.25) is 0 Å². The summed E-state index contributed by atoms with van der Waals surface area (Å²) in [4.78, 5) is 8.71. The van der Waals surface area contributed by atoms with Crippen LogP contribution in [0.1, 0.15) is 32.0 Å². The van der Waals surface area contributed by atoms with Crippen LogP contribution in [-0.2, 0) is 0 Å². The van der Waals surface area contributed by atoms with Crippen molar-refractivity contribution < 1.29 is 14.6 Å². The molecule has 0 aliphatic rings. The highest BCUT2D eigenvalue weighted by Gasteiger charge is 2.07. The predicted octanol–water partition coefficient (Wildman–Crippen LogP) is 5.22. The second-order valence-corrected chi connectivity index (χ2v) is 6.75. The van der Waals surface area contributed by atoms with Crippen LogP contribution in [-0.4, -0.2) is 26.3 Å². The van der Waals surface area contributed by atoms with Crippen molar-refractivity contribution in [3.63, 3.8) is 0 Å². The lowest BCUT2D eigenvalue weighted by Crippen LogP contribution is -1.97. The van der Waals surface area contributed by atoms with Crippen LogP contribution in [0.5, 0.6) is 5.75 Å². The number of aromatic hydroxyl groups is 1. The van der Waals surface area contributed by atoms with Crippen LogP contribution in [0.25, 0.3) is 28.3 Å². The van der Waals surface area contributed by atoms with Gasteiger partial charge >= 0.3 is 0 Å². The summed E-state index contributed by atoms with van der Waals surface area (Å²) in [5, 5.41) is 18.6. The molecular formula is C23H23FN2O2. The molecule has 0 radical (unpaired) electrons. The summed E-state index contributed by atoms with van der Waals surface area (Å²) >= 11 is 0. The molecule has 4 nitrogen and oxygen atoms in total. The molecule has 28 heavy (non-hydrogen) atoms. The van der Waals surface area contributed by atoms with Gasteiger partial charge in [0.1, 0.15) is 11.6 Å². The van der Waals surface area contributed by atoms with Gasteiger partial charge in [-0.3, -0.25) is 0 Å². The van der Waals surface area contributed by atoms with Gasteiger partial charge in [0, 0.05) is 29.6 Å². The van der Waals surface area contributed by atoms with E-state index in [2.05, 4.69) is 9.97 Å². The van der Waals surface area contributed by atoms with Gasteiger partial charge in [0.2, 0.25) is 0 Å². The van der Waals surface area contributed by atoms with Gasteiger partial charge in [-0.15, -0.1) is 0 Å². The van der Waals surface area contributed by atoms with E-state index >= 15 is 0 Å². The smallest absolute Gasteiger partial charge is 0.151 e. The molecule has 0 bridgehead atoms. The molecule has 0 aliphatic heterocycles. The number of aromatic nitrogens is 2. The Balaban J connectivity index is 1.66. The molecular weight excluding hydrogens is 355 g/mol. The fraction of sp³-hybridized carbons (Fsp3) is 0.217. The Bertz CT molecular complexity index is 936. The molecule has 2 aromatic carbocycles. The van der Waals surface area contributed by atoms with Gasteiger partial charge in [0.15, 0.2) is 5.82 Å². The monoisotopic (exact) mass is 378 g/mol. The lowest BCUT2D eigenvalue weighted by atomic mass is 10.0. The highest BCUT2D eigenvalue weighted by Crippen LogP contribution is 2.28. The number of hydrogen-bond donors (Lipinski definition) is 2. The molecule has 3 aromatic rings. The molecule has 144 valence electrons. The van der Waals surface area contributed by atoms with Gasteiger partial charge in [0.05, 0.1) is 6.10 Å². The standard InChI is InChI=1S/C23H23FN2O2/c1-16(27)5-3-2-4-6-23-25-14-19(15-26-23)17-7-9-18(10-8-17)21-12-11-20(28)13-22(21)24/h4,6-16,27-28H,2-3,5H2,1H3. The SMILES string of the molecule is CC(O)CCCC=Cc1ncc(-c2ccc(-c3ccc(O)cc3F)cc2)cn1. The zero-order valence-corrected chi connectivity index (χ0v) is 15.7. The van der Waals surface area contributed by atoms with Gasteiger partial charge < -0.3 is 10.2 Å². The van der Waals surface area contributed by atoms with Crippen LogP contribution in [0.15, 0.2) is 60.9 Å². The number of hydrogen-bond acceptors (Lipinski definition) is 4. The molecule has 1 atom stereocenters. The topological polar surface area (TPSA) is 66.2 Å². The van der Waals surface area contributed by atoms with E-state index in [1.54, 1.807) is 25.4 Å². The summed E-state index contributed by atoms with van der Waals surface area (Å²) in [6.45, 7) is 1.79. The zero-order valence-electron chi connectivity index (χ0n) is 15.7. The molecule has 5 heteroatoms. The Morgan fingerprint density at radius 1 is 1.00 bits per heavy atom. The summed E-state index contributed by atoms with van der Waals surface area (Å²) in [7, 11) is 0. The highest BCUT2D eigenvalue weighted by molar-refractivity contribution is 5.70. The molecule has 0 aliphatic carbocycles. The second-order valence-electron chi connectivity index (χ2n) is 6.75. The molecule has 0 spiro atoms. The Labute approximate surface area is 164 Å². The number of nitrogens with zero attached hydrogens (tertiary/aromatic N) is 2. The van der Waals surface area contributed by atoms with Crippen LogP contribution in [0, 0.1) is 5.82 Å². The minimum Gasteiger partial charge on any atom is -0.508 e. The van der Waals surface area contributed by atoms with Crippen molar-refractivity contribution in [1.29, 1.82) is 0 Å². The van der Waals surface area contributed by atoms with Crippen molar-refractivity contribution in [1.82, 2.24) is 9.97 Å². The first-order valence-corrected chi connectivity index (χ1v) is 9.29. The highest BCUT2D eigenvalue weighted by atomic mass is 19.1. The number of rotatable bonds is 7. The van der Waals surface area contributed by atoms with Crippen molar-refractivity contribution in [2.75, 3.05) is 0 Å². The van der Waals surface area contributed by atoms with E-state index in [1.165, 1.54) is 6.07 Å². The summed E-state index contributed by atoms with van der Waals surface area (Å²) in [6, 6.07) is 11.6.